The summed E-state index contributed by atoms with van der Waals surface area (Å²) in [5.74, 6) is 0. The first kappa shape index (κ1) is 8.46. The molecule has 2 heteroatoms. The molecule has 0 unspecified atom stereocenters. The van der Waals surface area contributed by atoms with Gasteiger partial charge in [-0.3, -0.25) is 4.98 Å². The molecule has 0 bridgehead atoms. The number of pyridine rings is 1. The standard InChI is InChI=1S/C12H8N2/c13-8-3-6-12-11-5-2-1-4-10(11)7-9-14-12/h1-7,9H. The van der Waals surface area contributed by atoms with E-state index in [-0.39, 0.29) is 0 Å². The van der Waals surface area contributed by atoms with Crippen LogP contribution in [0.25, 0.3) is 16.8 Å². The van der Waals surface area contributed by atoms with Gasteiger partial charge in [0, 0.05) is 17.7 Å². The van der Waals surface area contributed by atoms with Crippen molar-refractivity contribution < 1.29 is 0 Å². The number of hydrogen-bond donors (Lipinski definition) is 0. The van der Waals surface area contributed by atoms with Gasteiger partial charge in [0.1, 0.15) is 0 Å². The van der Waals surface area contributed by atoms with Crippen LogP contribution in [-0.4, -0.2) is 4.98 Å². The van der Waals surface area contributed by atoms with Crippen molar-refractivity contribution in [3.63, 3.8) is 0 Å². The highest BCUT2D eigenvalue weighted by molar-refractivity contribution is 5.88. The zero-order valence-corrected chi connectivity index (χ0v) is 7.51. The molecule has 2 aromatic rings. The van der Waals surface area contributed by atoms with E-state index < -0.39 is 0 Å². The van der Waals surface area contributed by atoms with E-state index in [1.165, 1.54) is 6.08 Å². The lowest BCUT2D eigenvalue weighted by Gasteiger charge is -1.99. The maximum atomic E-state index is 8.44. The quantitative estimate of drug-likeness (QED) is 0.633. The van der Waals surface area contributed by atoms with Gasteiger partial charge >= 0.3 is 0 Å². The molecule has 14 heavy (non-hydrogen) atoms. The molecule has 0 atom stereocenters. The monoisotopic (exact) mass is 180 g/mol. The van der Waals surface area contributed by atoms with Crippen LogP contribution in [-0.2, 0) is 0 Å². The fraction of sp³-hybridized carbons (Fsp3) is 0. The van der Waals surface area contributed by atoms with Gasteiger partial charge in [0.25, 0.3) is 0 Å². The van der Waals surface area contributed by atoms with Gasteiger partial charge in [-0.1, -0.05) is 24.3 Å². The predicted molar refractivity (Wildman–Crippen MR) is 56.4 cm³/mol. The zero-order valence-electron chi connectivity index (χ0n) is 7.51. The fourth-order valence-corrected chi connectivity index (χ4v) is 1.39. The molecule has 0 N–H and O–H groups in total. The molecule has 0 fully saturated rings. The van der Waals surface area contributed by atoms with Crippen molar-refractivity contribution in [2.24, 2.45) is 0 Å². The number of nitriles is 1. The van der Waals surface area contributed by atoms with Crippen molar-refractivity contribution in [1.29, 1.82) is 5.26 Å². The Balaban J connectivity index is 2.66. The third-order valence-corrected chi connectivity index (χ3v) is 2.02. The van der Waals surface area contributed by atoms with Gasteiger partial charge in [-0.05, 0) is 17.5 Å². The van der Waals surface area contributed by atoms with Crippen LogP contribution < -0.4 is 0 Å². The second-order valence-corrected chi connectivity index (χ2v) is 2.88. The number of aromatic nitrogens is 1. The first-order valence-corrected chi connectivity index (χ1v) is 4.32. The first-order chi connectivity index (χ1) is 6.92. The molecule has 0 spiro atoms. The summed E-state index contributed by atoms with van der Waals surface area (Å²) in [6, 6.07) is 11.9. The van der Waals surface area contributed by atoms with Gasteiger partial charge < -0.3 is 0 Å². The van der Waals surface area contributed by atoms with Crippen LogP contribution in [0.1, 0.15) is 5.69 Å². The topological polar surface area (TPSA) is 36.7 Å². The third kappa shape index (κ3) is 1.48. The van der Waals surface area contributed by atoms with Gasteiger partial charge in [-0.2, -0.15) is 5.26 Å². The minimum absolute atomic E-state index is 0.838. The molecule has 0 radical (unpaired) electrons. The summed E-state index contributed by atoms with van der Waals surface area (Å²) in [5.41, 5.74) is 0.838. The third-order valence-electron chi connectivity index (χ3n) is 2.02. The Hall–Kier alpha value is -2.14. The van der Waals surface area contributed by atoms with E-state index in [2.05, 4.69) is 4.98 Å². The van der Waals surface area contributed by atoms with E-state index >= 15 is 0 Å². The Morgan fingerprint density at radius 2 is 2.07 bits per heavy atom. The summed E-state index contributed by atoms with van der Waals surface area (Å²) in [6.45, 7) is 0. The highest BCUT2D eigenvalue weighted by Crippen LogP contribution is 2.16. The van der Waals surface area contributed by atoms with Crippen molar-refractivity contribution in [2.75, 3.05) is 0 Å². The van der Waals surface area contributed by atoms with Crippen LogP contribution in [0.5, 0.6) is 0 Å². The molecule has 2 nitrogen and oxygen atoms in total. The van der Waals surface area contributed by atoms with Gasteiger partial charge in [0.15, 0.2) is 0 Å². The van der Waals surface area contributed by atoms with Crippen LogP contribution >= 0.6 is 0 Å². The Morgan fingerprint density at radius 3 is 2.93 bits per heavy atom. The van der Waals surface area contributed by atoms with E-state index in [1.807, 2.05) is 36.4 Å². The Bertz CT molecular complexity index is 516. The van der Waals surface area contributed by atoms with Gasteiger partial charge in [0.05, 0.1) is 11.8 Å². The van der Waals surface area contributed by atoms with Gasteiger partial charge in [-0.25, -0.2) is 0 Å². The van der Waals surface area contributed by atoms with E-state index in [1.54, 1.807) is 12.3 Å². The Morgan fingerprint density at radius 1 is 1.21 bits per heavy atom. The lowest BCUT2D eigenvalue weighted by Crippen LogP contribution is -1.82. The van der Waals surface area contributed by atoms with Crippen molar-refractivity contribution in [3.05, 3.63) is 48.3 Å². The first-order valence-electron chi connectivity index (χ1n) is 4.32. The van der Waals surface area contributed by atoms with Crippen LogP contribution in [0.2, 0.25) is 0 Å². The second kappa shape index (κ2) is 3.71. The molecule has 0 saturated carbocycles. The molecule has 1 aromatic heterocycles. The number of benzene rings is 1. The highest BCUT2D eigenvalue weighted by Gasteiger charge is 1.96. The summed E-state index contributed by atoms with van der Waals surface area (Å²) >= 11 is 0. The molecule has 0 aliphatic carbocycles. The predicted octanol–water partition coefficient (Wildman–Crippen LogP) is 2.77. The van der Waals surface area contributed by atoms with E-state index in [4.69, 9.17) is 5.26 Å². The minimum atomic E-state index is 0.838. The van der Waals surface area contributed by atoms with Crippen LogP contribution in [0.3, 0.4) is 0 Å². The van der Waals surface area contributed by atoms with Crippen molar-refractivity contribution in [2.45, 2.75) is 0 Å². The molecule has 66 valence electrons. The SMILES string of the molecule is N#CC=Cc1nccc2ccccc12. The maximum absolute atomic E-state index is 8.44. The molecule has 1 aromatic carbocycles. The van der Waals surface area contributed by atoms with E-state index in [9.17, 15) is 0 Å². The molecule has 2 rings (SSSR count). The summed E-state index contributed by atoms with van der Waals surface area (Å²) in [7, 11) is 0. The summed E-state index contributed by atoms with van der Waals surface area (Å²) < 4.78 is 0. The van der Waals surface area contributed by atoms with Gasteiger partial charge in [-0.15, -0.1) is 0 Å². The van der Waals surface area contributed by atoms with Crippen LogP contribution in [0.15, 0.2) is 42.6 Å². The smallest absolute Gasteiger partial charge is 0.0912 e. The van der Waals surface area contributed by atoms with Crippen molar-refractivity contribution >= 4 is 16.8 Å². The number of nitrogens with zero attached hydrogens (tertiary/aromatic N) is 2. The summed E-state index contributed by atoms with van der Waals surface area (Å²) in [6.07, 6.45) is 4.91. The largest absolute Gasteiger partial charge is 0.256 e. The molecule has 0 aliphatic rings. The second-order valence-electron chi connectivity index (χ2n) is 2.88. The molecular formula is C12H8N2. The Kier molecular flexibility index (Phi) is 2.24. The minimum Gasteiger partial charge on any atom is -0.256 e. The lowest BCUT2D eigenvalue weighted by molar-refractivity contribution is 1.33. The molecule has 0 saturated heterocycles. The fourth-order valence-electron chi connectivity index (χ4n) is 1.39. The maximum Gasteiger partial charge on any atom is 0.0912 e. The van der Waals surface area contributed by atoms with Crippen LogP contribution in [0.4, 0.5) is 0 Å². The summed E-state index contributed by atoms with van der Waals surface area (Å²) in [4.78, 5) is 4.21. The molecule has 1 heterocycles. The Labute approximate surface area is 82.1 Å². The molecular weight excluding hydrogens is 172 g/mol. The number of rotatable bonds is 1. The van der Waals surface area contributed by atoms with E-state index in [0.717, 1.165) is 16.5 Å². The lowest BCUT2D eigenvalue weighted by atomic mass is 10.1. The molecule has 0 aliphatic heterocycles. The number of hydrogen-bond acceptors (Lipinski definition) is 2. The van der Waals surface area contributed by atoms with Crippen molar-refractivity contribution in [3.8, 4) is 6.07 Å². The average Bonchev–Trinajstić information content (AvgIpc) is 2.26. The zero-order chi connectivity index (χ0) is 9.80. The number of fused-ring (bicyclic) bond motifs is 1. The average molecular weight is 180 g/mol. The van der Waals surface area contributed by atoms with Gasteiger partial charge in [0.2, 0.25) is 0 Å². The highest BCUT2D eigenvalue weighted by atomic mass is 14.7. The summed E-state index contributed by atoms with van der Waals surface area (Å²) in [5, 5.41) is 10.6. The molecule has 0 amide bonds. The van der Waals surface area contributed by atoms with Crippen LogP contribution in [0, 0.1) is 11.3 Å². The van der Waals surface area contributed by atoms with E-state index in [0.29, 0.717) is 0 Å². The van der Waals surface area contributed by atoms with Crippen molar-refractivity contribution in [1.82, 2.24) is 4.98 Å². The normalized spacial score (nSPS) is 10.5. The number of allylic oxidation sites excluding steroid dienone is 1.